The minimum absolute atomic E-state index is 0.104. The van der Waals surface area contributed by atoms with Gasteiger partial charge in [-0.1, -0.05) is 60.7 Å². The van der Waals surface area contributed by atoms with Gasteiger partial charge in [-0.15, -0.1) is 5.10 Å². The lowest BCUT2D eigenvalue weighted by molar-refractivity contribution is -0.175. The zero-order valence-corrected chi connectivity index (χ0v) is 30.5. The molecule has 2 saturated heterocycles. The maximum Gasteiger partial charge on any atom is 0.330 e. The van der Waals surface area contributed by atoms with Crippen LogP contribution in [0.3, 0.4) is 0 Å². The number of ether oxygens (including phenoxy) is 2. The largest absolute Gasteiger partial charge is 0.368 e. The maximum atomic E-state index is 13.4. The number of fused-ring (bicyclic) bond motifs is 2. The lowest BCUT2D eigenvalue weighted by Gasteiger charge is -2.38. The molecule has 13 nitrogen and oxygen atoms in total. The molecule has 0 radical (unpaired) electrons. The van der Waals surface area contributed by atoms with Crippen molar-refractivity contribution in [2.75, 3.05) is 19.8 Å². The van der Waals surface area contributed by atoms with Crippen molar-refractivity contribution in [3.05, 3.63) is 99.2 Å². The van der Waals surface area contributed by atoms with Crippen molar-refractivity contribution in [2.45, 2.75) is 77.2 Å². The second-order valence-corrected chi connectivity index (χ2v) is 15.4. The lowest BCUT2D eigenvalue weighted by Crippen LogP contribution is -2.43. The molecule has 2 aliphatic rings. The van der Waals surface area contributed by atoms with E-state index in [9.17, 15) is 9.59 Å². The summed E-state index contributed by atoms with van der Waals surface area (Å²) in [5.74, 6) is 0. The van der Waals surface area contributed by atoms with Crippen LogP contribution in [-0.2, 0) is 18.5 Å². The first-order valence-corrected chi connectivity index (χ1v) is 18.7. The second-order valence-electron chi connectivity index (χ2n) is 13.9. The summed E-state index contributed by atoms with van der Waals surface area (Å²) in [6, 6.07) is 19.0. The summed E-state index contributed by atoms with van der Waals surface area (Å²) in [4.78, 5) is 32.7. The van der Waals surface area contributed by atoms with Gasteiger partial charge in [0.15, 0.2) is 6.23 Å². The van der Waals surface area contributed by atoms with Gasteiger partial charge in [0, 0.05) is 23.7 Å². The molecule has 2 bridgehead atoms. The highest BCUT2D eigenvalue weighted by Crippen LogP contribution is 2.56. The average Bonchev–Trinajstić information content (AvgIpc) is 3.83. The van der Waals surface area contributed by atoms with E-state index in [0.717, 1.165) is 32.6 Å². The van der Waals surface area contributed by atoms with E-state index in [-0.39, 0.29) is 37.4 Å². The standard InChI is InChI=1S/C38H40N7O6P/c1-7-38-21-48-33(34(38)51-52(49-18-17-39-6)45(22(2)3)23(4)5)36(50-38)43-19-28(35(46)40-37(43)47)29-20-44(42-41-29)30-16-14-26-12-11-24-9-8-10-25-13-15-27(30)32(26)31(24)25/h8-16,19-20,22-23,33-34,36H,7,17-18,21H2,1-5H3,(H,40,46,47)/t33?,34-,36-,38+,52?/m1/s1. The Bertz CT molecular complexity index is 2410. The van der Waals surface area contributed by atoms with Gasteiger partial charge in [-0.2, -0.15) is 0 Å². The Balaban J connectivity index is 1.14. The molecule has 14 heteroatoms. The third-order valence-electron chi connectivity index (χ3n) is 10.2. The quantitative estimate of drug-likeness (QED) is 0.0658. The van der Waals surface area contributed by atoms with Crippen LogP contribution < -0.4 is 11.2 Å². The smallest absolute Gasteiger partial charge is 0.330 e. The molecule has 0 aliphatic carbocycles. The number of benzene rings is 4. The van der Waals surface area contributed by atoms with Crippen LogP contribution in [0.1, 0.15) is 47.3 Å². The molecule has 0 spiro atoms. The van der Waals surface area contributed by atoms with E-state index >= 15 is 0 Å². The normalized spacial score (nSPS) is 22.2. The molecule has 52 heavy (non-hydrogen) atoms. The van der Waals surface area contributed by atoms with Crippen molar-refractivity contribution in [3.63, 3.8) is 0 Å². The molecule has 2 fully saturated rings. The Morgan fingerprint density at radius 2 is 1.75 bits per heavy atom. The van der Waals surface area contributed by atoms with Crippen molar-refractivity contribution in [3.8, 4) is 16.9 Å². The van der Waals surface area contributed by atoms with Crippen LogP contribution in [0.25, 0.3) is 54.1 Å². The Hall–Kier alpha value is -4.54. The minimum atomic E-state index is -1.60. The molecule has 5 atom stereocenters. The van der Waals surface area contributed by atoms with E-state index in [1.54, 1.807) is 10.9 Å². The van der Waals surface area contributed by atoms with Crippen LogP contribution >= 0.6 is 8.53 Å². The summed E-state index contributed by atoms with van der Waals surface area (Å²) >= 11 is 0. The van der Waals surface area contributed by atoms with Crippen LogP contribution in [0.15, 0.2) is 76.6 Å². The van der Waals surface area contributed by atoms with Gasteiger partial charge < -0.3 is 23.4 Å². The Kier molecular flexibility index (Phi) is 8.94. The van der Waals surface area contributed by atoms with Crippen LogP contribution in [0.5, 0.6) is 0 Å². The third-order valence-corrected chi connectivity index (χ3v) is 12.3. The van der Waals surface area contributed by atoms with Gasteiger partial charge in [0.2, 0.25) is 6.54 Å². The first kappa shape index (κ1) is 34.5. The first-order valence-electron chi connectivity index (χ1n) is 17.6. The van der Waals surface area contributed by atoms with Gasteiger partial charge in [-0.3, -0.25) is 14.3 Å². The van der Waals surface area contributed by atoms with E-state index in [4.69, 9.17) is 25.1 Å². The molecule has 4 heterocycles. The zero-order chi connectivity index (χ0) is 36.3. The number of H-pyrrole nitrogens is 1. The highest BCUT2D eigenvalue weighted by molar-refractivity contribution is 7.44. The van der Waals surface area contributed by atoms with Crippen LogP contribution in [0.2, 0.25) is 0 Å². The van der Waals surface area contributed by atoms with Crippen molar-refractivity contribution < 1.29 is 18.5 Å². The molecule has 2 unspecified atom stereocenters. The number of hydrogen-bond donors (Lipinski definition) is 1. The van der Waals surface area contributed by atoms with Crippen LogP contribution in [0.4, 0.5) is 0 Å². The molecule has 8 rings (SSSR count). The van der Waals surface area contributed by atoms with Crippen molar-refractivity contribution in [1.29, 1.82) is 0 Å². The Labute approximate surface area is 301 Å². The first-order chi connectivity index (χ1) is 25.1. The molecular weight excluding hydrogens is 681 g/mol. The maximum absolute atomic E-state index is 13.4. The molecule has 1 N–H and O–H groups in total. The molecule has 268 valence electrons. The molecular formula is C38H40N7O6P. The van der Waals surface area contributed by atoms with E-state index in [1.165, 1.54) is 16.2 Å². The highest BCUT2D eigenvalue weighted by atomic mass is 31.2. The number of aromatic nitrogens is 5. The number of aromatic amines is 1. The molecule has 2 aromatic heterocycles. The van der Waals surface area contributed by atoms with E-state index in [0.29, 0.717) is 12.1 Å². The molecule has 0 amide bonds. The second kappa shape index (κ2) is 13.5. The predicted molar refractivity (Wildman–Crippen MR) is 200 cm³/mol. The van der Waals surface area contributed by atoms with Gasteiger partial charge in [0.1, 0.15) is 30.1 Å². The van der Waals surface area contributed by atoms with Gasteiger partial charge >= 0.3 is 5.69 Å². The third kappa shape index (κ3) is 5.62. The summed E-state index contributed by atoms with van der Waals surface area (Å²) in [6.07, 6.45) is 1.60. The van der Waals surface area contributed by atoms with Gasteiger partial charge in [-0.25, -0.2) is 20.7 Å². The topological polar surface area (TPSA) is 130 Å². The van der Waals surface area contributed by atoms with Crippen molar-refractivity contribution in [1.82, 2.24) is 29.2 Å². The van der Waals surface area contributed by atoms with Crippen molar-refractivity contribution in [2.24, 2.45) is 0 Å². The molecule has 6 aromatic rings. The van der Waals surface area contributed by atoms with Crippen molar-refractivity contribution >= 4 is 40.8 Å². The SMILES string of the molecule is [C-]#[N+]CCOP(O[C@@H]1C2OC[C@]1(CC)O[C@H]2n1cc(-c2cn(-c3ccc4ccc5cccc6ccc3c4c56)nn2)c(=O)[nH]c1=O)N(C(C)C)C(C)C. The minimum Gasteiger partial charge on any atom is -0.368 e. The number of nitrogens with zero attached hydrogens (tertiary/aromatic N) is 6. The van der Waals surface area contributed by atoms with E-state index in [1.807, 2.05) is 13.0 Å². The van der Waals surface area contributed by atoms with Gasteiger partial charge in [-0.05, 0) is 67.1 Å². The zero-order valence-electron chi connectivity index (χ0n) is 29.6. The van der Waals surface area contributed by atoms with Gasteiger partial charge in [0.25, 0.3) is 14.1 Å². The average molecular weight is 722 g/mol. The molecule has 0 saturated carbocycles. The Morgan fingerprint density at radius 3 is 2.46 bits per heavy atom. The Morgan fingerprint density at radius 1 is 1.04 bits per heavy atom. The van der Waals surface area contributed by atoms with E-state index in [2.05, 4.69) is 101 Å². The fourth-order valence-corrected chi connectivity index (χ4v) is 9.57. The molecule has 2 aliphatic heterocycles. The number of hydrogen-bond acceptors (Lipinski definition) is 9. The van der Waals surface area contributed by atoms with E-state index < -0.39 is 43.8 Å². The fourth-order valence-electron chi connectivity index (χ4n) is 7.77. The van der Waals surface area contributed by atoms with Gasteiger partial charge in [0.05, 0.1) is 24.1 Å². The summed E-state index contributed by atoms with van der Waals surface area (Å²) in [5, 5.41) is 15.6. The monoisotopic (exact) mass is 721 g/mol. The van der Waals surface area contributed by atoms with Crippen LogP contribution in [-0.4, -0.2) is 78.9 Å². The number of rotatable bonds is 12. The summed E-state index contributed by atoms with van der Waals surface area (Å²) in [6.45, 7) is 18.2. The summed E-state index contributed by atoms with van der Waals surface area (Å²) in [5.41, 5.74) is -0.812. The predicted octanol–water partition coefficient (Wildman–Crippen LogP) is 6.42. The fraction of sp³-hybridized carbons (Fsp3) is 0.395. The summed E-state index contributed by atoms with van der Waals surface area (Å²) in [7, 11) is -1.60. The molecule has 4 aromatic carbocycles. The lowest BCUT2D eigenvalue weighted by atomic mass is 9.93. The van der Waals surface area contributed by atoms with Crippen LogP contribution in [0, 0.1) is 6.57 Å². The highest BCUT2D eigenvalue weighted by Gasteiger charge is 2.63. The summed E-state index contributed by atoms with van der Waals surface area (Å²) < 4.78 is 31.1. The number of nitrogens with one attached hydrogen (secondary N) is 1.